The molecule has 0 saturated carbocycles. The maximum absolute atomic E-state index is 10.6. The van der Waals surface area contributed by atoms with Crippen LogP contribution < -0.4 is 0 Å². The molecular weight excluding hydrogens is 291 g/mol. The van der Waals surface area contributed by atoms with Gasteiger partial charge in [0.25, 0.3) is 0 Å². The molecule has 0 radical (unpaired) electrons. The minimum Gasteiger partial charge on any atom is -0.294 e. The van der Waals surface area contributed by atoms with Crippen molar-refractivity contribution in [2.24, 2.45) is 0 Å². The predicted octanol–water partition coefficient (Wildman–Crippen LogP) is 2.01. The zero-order valence-electron chi connectivity index (χ0n) is 6.82. The van der Waals surface area contributed by atoms with Crippen LogP contribution in [-0.4, -0.2) is 35.0 Å². The normalized spacial score (nSPS) is 14.0. The molecule has 0 aliphatic carbocycles. The Balaban J connectivity index is 3.85. The van der Waals surface area contributed by atoms with E-state index in [0.29, 0.717) is 5.75 Å². The van der Waals surface area contributed by atoms with Crippen molar-refractivity contribution in [1.82, 2.24) is 4.31 Å². The Hall–Kier alpha value is 0.780. The molecule has 0 aliphatic rings. The lowest BCUT2D eigenvalue weighted by molar-refractivity contribution is 0.443. The molecular formula is C5H7Cl3N2O2S2. The third-order valence-electron chi connectivity index (χ3n) is 1.07. The van der Waals surface area contributed by atoms with E-state index in [0.717, 1.165) is 16.1 Å². The number of hydrogen-bond donors (Lipinski definition) is 1. The van der Waals surface area contributed by atoms with Crippen LogP contribution in [0.25, 0.3) is 0 Å². The van der Waals surface area contributed by atoms with Crippen LogP contribution >= 0.6 is 46.6 Å². The van der Waals surface area contributed by atoms with Gasteiger partial charge in [0.1, 0.15) is 6.54 Å². The molecule has 0 rings (SSSR count). The fourth-order valence-electron chi connectivity index (χ4n) is 0.554. The van der Waals surface area contributed by atoms with Crippen LogP contribution in [0.3, 0.4) is 0 Å². The number of halogens is 3. The fourth-order valence-corrected chi connectivity index (χ4v) is 2.32. The summed E-state index contributed by atoms with van der Waals surface area (Å²) in [5, 5.41) is 8.32. The van der Waals surface area contributed by atoms with E-state index in [4.69, 9.17) is 44.6 Å². The topological polar surface area (TPSA) is 64.3 Å². The van der Waals surface area contributed by atoms with Crippen molar-refractivity contribution in [2.45, 2.75) is 3.12 Å². The molecule has 0 saturated heterocycles. The lowest BCUT2D eigenvalue weighted by atomic mass is 10.6. The van der Waals surface area contributed by atoms with Gasteiger partial charge < -0.3 is 0 Å². The van der Waals surface area contributed by atoms with Crippen LogP contribution in [-0.2, 0) is 11.3 Å². The van der Waals surface area contributed by atoms with Crippen LogP contribution in [0.15, 0.2) is 0 Å². The maximum atomic E-state index is 10.6. The summed E-state index contributed by atoms with van der Waals surface area (Å²) in [6.07, 6.45) is 0. The van der Waals surface area contributed by atoms with Crippen molar-refractivity contribution in [3.63, 3.8) is 0 Å². The summed E-state index contributed by atoms with van der Waals surface area (Å²) in [5.74, 6) is 0.352. The first-order chi connectivity index (χ1) is 6.37. The predicted molar refractivity (Wildman–Crippen MR) is 60.7 cm³/mol. The van der Waals surface area contributed by atoms with Crippen molar-refractivity contribution in [2.75, 3.05) is 18.8 Å². The molecule has 0 spiro atoms. The monoisotopic (exact) mass is 296 g/mol. The molecule has 1 unspecified atom stereocenters. The molecule has 82 valence electrons. The summed E-state index contributed by atoms with van der Waals surface area (Å²) in [7, 11) is 0. The Morgan fingerprint density at radius 2 is 2.14 bits per heavy atom. The highest BCUT2D eigenvalue weighted by atomic mass is 35.6. The van der Waals surface area contributed by atoms with Gasteiger partial charge in [-0.1, -0.05) is 34.8 Å². The molecule has 0 aromatic carbocycles. The Labute approximate surface area is 104 Å². The molecule has 0 aromatic heterocycles. The molecule has 0 heterocycles. The molecule has 14 heavy (non-hydrogen) atoms. The average Bonchev–Trinajstić information content (AvgIpc) is 2.00. The second kappa shape index (κ2) is 7.12. The van der Waals surface area contributed by atoms with Gasteiger partial charge in [-0.3, -0.25) is 4.55 Å². The second-order valence-electron chi connectivity index (χ2n) is 2.05. The number of nitriles is 1. The summed E-state index contributed by atoms with van der Waals surface area (Å²) in [6, 6.07) is 1.76. The van der Waals surface area contributed by atoms with E-state index in [1.807, 2.05) is 0 Å². The van der Waals surface area contributed by atoms with E-state index >= 15 is 0 Å². The molecule has 0 aromatic rings. The number of nitrogens with zero attached hydrogens (tertiary/aromatic N) is 2. The molecule has 0 bridgehead atoms. The molecule has 0 aliphatic heterocycles. The van der Waals surface area contributed by atoms with Crippen LogP contribution in [0.2, 0.25) is 0 Å². The van der Waals surface area contributed by atoms with Gasteiger partial charge in [-0.25, -0.2) is 4.21 Å². The van der Waals surface area contributed by atoms with Crippen LogP contribution in [0.1, 0.15) is 0 Å². The van der Waals surface area contributed by atoms with E-state index in [1.54, 1.807) is 6.07 Å². The highest BCUT2D eigenvalue weighted by Crippen LogP contribution is 2.38. The van der Waals surface area contributed by atoms with Crippen molar-refractivity contribution < 1.29 is 8.76 Å². The van der Waals surface area contributed by atoms with Gasteiger partial charge in [-0.15, -0.1) is 11.8 Å². The average molecular weight is 298 g/mol. The summed E-state index contributed by atoms with van der Waals surface area (Å²) in [5.41, 5.74) is 0. The first kappa shape index (κ1) is 14.8. The highest BCUT2D eigenvalue weighted by Gasteiger charge is 2.20. The quantitative estimate of drug-likeness (QED) is 0.479. The van der Waals surface area contributed by atoms with Crippen molar-refractivity contribution in [1.29, 1.82) is 5.26 Å². The zero-order valence-corrected chi connectivity index (χ0v) is 10.7. The molecule has 4 nitrogen and oxygen atoms in total. The molecule has 9 heteroatoms. The van der Waals surface area contributed by atoms with Gasteiger partial charge >= 0.3 is 0 Å². The lowest BCUT2D eigenvalue weighted by Crippen LogP contribution is -2.28. The largest absolute Gasteiger partial charge is 0.294 e. The Bertz CT molecular complexity index is 240. The van der Waals surface area contributed by atoms with E-state index in [-0.39, 0.29) is 13.1 Å². The number of hydrogen-bond acceptors (Lipinski definition) is 3. The minimum atomic E-state index is -2.16. The first-order valence-corrected chi connectivity index (χ1v) is 6.48. The van der Waals surface area contributed by atoms with Crippen molar-refractivity contribution >= 4 is 57.8 Å². The van der Waals surface area contributed by atoms with Crippen molar-refractivity contribution in [3.05, 3.63) is 0 Å². The summed E-state index contributed by atoms with van der Waals surface area (Å²) >= 11 is 15.2. The Morgan fingerprint density at radius 1 is 1.57 bits per heavy atom. The van der Waals surface area contributed by atoms with Gasteiger partial charge in [0.15, 0.2) is 0 Å². The maximum Gasteiger partial charge on any atom is 0.237 e. The molecule has 0 fully saturated rings. The number of rotatable bonds is 5. The van der Waals surface area contributed by atoms with Crippen molar-refractivity contribution in [3.8, 4) is 6.07 Å². The van der Waals surface area contributed by atoms with Gasteiger partial charge in [0, 0.05) is 12.3 Å². The third-order valence-corrected chi connectivity index (χ3v) is 3.52. The lowest BCUT2D eigenvalue weighted by Gasteiger charge is -2.15. The van der Waals surface area contributed by atoms with Crippen LogP contribution in [0.5, 0.6) is 0 Å². The van der Waals surface area contributed by atoms with Crippen LogP contribution in [0.4, 0.5) is 0 Å². The van der Waals surface area contributed by atoms with E-state index in [9.17, 15) is 4.21 Å². The summed E-state index contributed by atoms with van der Waals surface area (Å²) in [4.78, 5) is 0. The second-order valence-corrected chi connectivity index (χ2v) is 7.29. The first-order valence-electron chi connectivity index (χ1n) is 3.30. The zero-order chi connectivity index (χ0) is 11.2. The minimum absolute atomic E-state index is 0.135. The van der Waals surface area contributed by atoms with Crippen LogP contribution in [0, 0.1) is 11.3 Å². The smallest absolute Gasteiger partial charge is 0.237 e. The van der Waals surface area contributed by atoms with E-state index in [1.165, 1.54) is 0 Å². The Kier molecular flexibility index (Phi) is 7.52. The Morgan fingerprint density at radius 3 is 2.50 bits per heavy atom. The highest BCUT2D eigenvalue weighted by molar-refractivity contribution is 8.04. The SMILES string of the molecule is N#CCN(CCSC(Cl)(Cl)Cl)S(=O)O. The molecule has 0 amide bonds. The molecule has 1 atom stereocenters. The summed E-state index contributed by atoms with van der Waals surface area (Å²) in [6.45, 7) is 0.0682. The van der Waals surface area contributed by atoms with Gasteiger partial charge in [0.2, 0.25) is 14.4 Å². The number of alkyl halides is 3. The van der Waals surface area contributed by atoms with Gasteiger partial charge in [-0.2, -0.15) is 9.57 Å². The van der Waals surface area contributed by atoms with Gasteiger partial charge in [-0.05, 0) is 0 Å². The standard InChI is InChI=1S/C5H7Cl3N2O2S2/c6-5(7,8)13-4-3-10(2-1-9)14(11)12/h2-4H2,(H,11,12). The summed E-state index contributed by atoms with van der Waals surface area (Å²) < 4.78 is 19.0. The van der Waals surface area contributed by atoms with E-state index < -0.39 is 14.4 Å². The fraction of sp³-hybridized carbons (Fsp3) is 0.800. The van der Waals surface area contributed by atoms with E-state index in [2.05, 4.69) is 0 Å². The van der Waals surface area contributed by atoms with Gasteiger partial charge in [0.05, 0.1) is 6.07 Å². The third kappa shape index (κ3) is 8.12. The molecule has 1 N–H and O–H groups in total. The number of thioether (sulfide) groups is 1.